The standard InChI is InChI=1S/C28H36F3N7O2/c1-36-26(18-40-23-5-2-4-21(14-23)28(29,30)31)33-34-27(36)20-8-6-19(7-9-20)25-16-38(35-32-25)22-10-11-24(39-17-22)15-37-12-3-13-37/h2,4-5,14,16,19-20,22,24H,3,6-13,15,17-18H2,1H3/t19-,20-,22-,24+/m1/s1. The van der Waals surface area contributed by atoms with E-state index in [1.165, 1.54) is 31.6 Å². The molecule has 2 aromatic heterocycles. The molecule has 1 aromatic carbocycles. The van der Waals surface area contributed by atoms with Crippen molar-refractivity contribution in [2.45, 2.75) is 81.7 Å². The van der Waals surface area contributed by atoms with Crippen LogP contribution in [0.2, 0.25) is 0 Å². The molecular formula is C28H36F3N7O2. The molecule has 12 heteroatoms. The average molecular weight is 560 g/mol. The summed E-state index contributed by atoms with van der Waals surface area (Å²) in [5, 5.41) is 17.7. The number of hydrogen-bond donors (Lipinski definition) is 0. The Hall–Kier alpha value is -2.99. The van der Waals surface area contributed by atoms with E-state index in [0.29, 0.717) is 24.5 Å². The van der Waals surface area contributed by atoms with Gasteiger partial charge in [-0.25, -0.2) is 4.68 Å². The summed E-state index contributed by atoms with van der Waals surface area (Å²) in [6.07, 6.45) is 5.38. The van der Waals surface area contributed by atoms with E-state index < -0.39 is 11.7 Å². The predicted molar refractivity (Wildman–Crippen MR) is 140 cm³/mol. The number of hydrogen-bond acceptors (Lipinski definition) is 7. The molecule has 4 heterocycles. The van der Waals surface area contributed by atoms with Gasteiger partial charge in [-0.3, -0.25) is 0 Å². The maximum atomic E-state index is 13.0. The van der Waals surface area contributed by atoms with Crippen molar-refractivity contribution >= 4 is 0 Å². The van der Waals surface area contributed by atoms with Gasteiger partial charge >= 0.3 is 6.18 Å². The van der Waals surface area contributed by atoms with Crippen molar-refractivity contribution in [1.29, 1.82) is 0 Å². The molecule has 3 aliphatic rings. The Morgan fingerprint density at radius 3 is 2.50 bits per heavy atom. The normalized spacial score (nSPS) is 26.0. The van der Waals surface area contributed by atoms with Gasteiger partial charge in [0.15, 0.2) is 5.82 Å². The second kappa shape index (κ2) is 11.5. The molecule has 0 spiro atoms. The van der Waals surface area contributed by atoms with Gasteiger partial charge < -0.3 is 18.9 Å². The monoisotopic (exact) mass is 559 g/mol. The molecule has 3 aromatic rings. The largest absolute Gasteiger partial charge is 0.486 e. The number of alkyl halides is 3. The van der Waals surface area contributed by atoms with Crippen LogP contribution in [0, 0.1) is 0 Å². The Labute approximate surface area is 231 Å². The summed E-state index contributed by atoms with van der Waals surface area (Å²) in [5.41, 5.74) is 0.313. The first-order valence-electron chi connectivity index (χ1n) is 14.3. The molecule has 9 nitrogen and oxygen atoms in total. The molecule has 0 N–H and O–H groups in total. The van der Waals surface area contributed by atoms with Gasteiger partial charge in [0.25, 0.3) is 0 Å². The van der Waals surface area contributed by atoms with E-state index in [2.05, 4.69) is 31.6 Å². The highest BCUT2D eigenvalue weighted by Gasteiger charge is 2.32. The molecule has 1 saturated carbocycles. The SMILES string of the molecule is Cn1c(COc2cccc(C(F)(F)F)c2)nnc1[C@H]1CC[C@H](c2cn([C@@H]3CC[C@@H](CN4CCC4)OC3)nn2)CC1. The minimum Gasteiger partial charge on any atom is -0.486 e. The molecule has 3 fully saturated rings. The van der Waals surface area contributed by atoms with Gasteiger partial charge in [-0.05, 0) is 76.2 Å². The van der Waals surface area contributed by atoms with Crippen molar-refractivity contribution in [2.75, 3.05) is 26.2 Å². The minimum absolute atomic E-state index is 0.0488. The molecule has 0 amide bonds. The van der Waals surface area contributed by atoms with Crippen LogP contribution in [0.1, 0.15) is 85.7 Å². The third-order valence-corrected chi connectivity index (χ3v) is 8.70. The molecule has 2 saturated heterocycles. The Morgan fingerprint density at radius 2 is 1.80 bits per heavy atom. The molecule has 0 bridgehead atoms. The van der Waals surface area contributed by atoms with Gasteiger partial charge in [-0.1, -0.05) is 11.3 Å². The smallest absolute Gasteiger partial charge is 0.416 e. The lowest BCUT2D eigenvalue weighted by atomic mass is 9.80. The number of rotatable bonds is 8. The van der Waals surface area contributed by atoms with Crippen LogP contribution >= 0.6 is 0 Å². The van der Waals surface area contributed by atoms with Crippen LogP contribution in [0.3, 0.4) is 0 Å². The van der Waals surface area contributed by atoms with E-state index in [9.17, 15) is 13.2 Å². The van der Waals surface area contributed by atoms with Crippen LogP contribution < -0.4 is 4.74 Å². The lowest BCUT2D eigenvalue weighted by molar-refractivity contribution is -0.137. The molecule has 216 valence electrons. The number of ether oxygens (including phenoxy) is 2. The van der Waals surface area contributed by atoms with Gasteiger partial charge in [0.2, 0.25) is 0 Å². The Morgan fingerprint density at radius 1 is 1.00 bits per heavy atom. The number of likely N-dealkylation sites (tertiary alicyclic amines) is 1. The van der Waals surface area contributed by atoms with Crippen LogP contribution in [0.5, 0.6) is 5.75 Å². The third kappa shape index (κ3) is 6.02. The fourth-order valence-corrected chi connectivity index (χ4v) is 6.07. The van der Waals surface area contributed by atoms with E-state index in [0.717, 1.165) is 68.7 Å². The van der Waals surface area contributed by atoms with E-state index in [1.807, 2.05) is 16.3 Å². The fraction of sp³-hybridized carbons (Fsp3) is 0.643. The van der Waals surface area contributed by atoms with Crippen molar-refractivity contribution in [3.8, 4) is 5.75 Å². The minimum atomic E-state index is -4.41. The molecule has 0 radical (unpaired) electrons. The van der Waals surface area contributed by atoms with Crippen LogP contribution in [-0.2, 0) is 24.6 Å². The zero-order valence-corrected chi connectivity index (χ0v) is 22.8. The summed E-state index contributed by atoms with van der Waals surface area (Å²) < 4.78 is 54.6. The van der Waals surface area contributed by atoms with E-state index in [-0.39, 0.29) is 24.3 Å². The average Bonchev–Trinajstić information content (AvgIpc) is 3.57. The number of aromatic nitrogens is 6. The van der Waals surface area contributed by atoms with Crippen LogP contribution in [0.15, 0.2) is 30.5 Å². The topological polar surface area (TPSA) is 83.1 Å². The maximum Gasteiger partial charge on any atom is 0.416 e. The fourth-order valence-electron chi connectivity index (χ4n) is 6.07. The number of nitrogens with zero attached hydrogens (tertiary/aromatic N) is 7. The lowest BCUT2D eigenvalue weighted by Gasteiger charge is -2.36. The Kier molecular flexibility index (Phi) is 7.80. The highest BCUT2D eigenvalue weighted by molar-refractivity contribution is 5.30. The van der Waals surface area contributed by atoms with Crippen molar-refractivity contribution in [1.82, 2.24) is 34.7 Å². The van der Waals surface area contributed by atoms with Gasteiger partial charge in [-0.2, -0.15) is 13.2 Å². The lowest BCUT2D eigenvalue weighted by Crippen LogP contribution is -2.44. The van der Waals surface area contributed by atoms with Crippen LogP contribution in [0.4, 0.5) is 13.2 Å². The van der Waals surface area contributed by atoms with Gasteiger partial charge in [0, 0.05) is 31.6 Å². The van der Waals surface area contributed by atoms with Crippen molar-refractivity contribution < 1.29 is 22.6 Å². The Bertz CT molecular complexity index is 1270. The quantitative estimate of drug-likeness (QED) is 0.389. The number of benzene rings is 1. The van der Waals surface area contributed by atoms with E-state index >= 15 is 0 Å². The first-order chi connectivity index (χ1) is 19.3. The zero-order chi connectivity index (χ0) is 27.7. The summed E-state index contributed by atoms with van der Waals surface area (Å²) in [5.74, 6) is 2.25. The maximum absolute atomic E-state index is 13.0. The molecule has 6 rings (SSSR count). The summed E-state index contributed by atoms with van der Waals surface area (Å²) in [7, 11) is 1.89. The summed E-state index contributed by atoms with van der Waals surface area (Å²) in [6.45, 7) is 4.20. The molecule has 2 aliphatic heterocycles. The van der Waals surface area contributed by atoms with Gasteiger partial charge in [-0.15, -0.1) is 15.3 Å². The second-order valence-electron chi connectivity index (χ2n) is 11.4. The molecular weight excluding hydrogens is 523 g/mol. The molecule has 2 atom stereocenters. The van der Waals surface area contributed by atoms with Crippen molar-refractivity contribution in [2.24, 2.45) is 7.05 Å². The molecule has 0 unspecified atom stereocenters. The zero-order valence-electron chi connectivity index (χ0n) is 22.8. The molecule has 1 aliphatic carbocycles. The number of halogens is 3. The summed E-state index contributed by atoms with van der Waals surface area (Å²) >= 11 is 0. The summed E-state index contributed by atoms with van der Waals surface area (Å²) in [6, 6.07) is 5.13. The highest BCUT2D eigenvalue weighted by Crippen LogP contribution is 2.40. The van der Waals surface area contributed by atoms with Crippen LogP contribution in [0.25, 0.3) is 0 Å². The van der Waals surface area contributed by atoms with Crippen molar-refractivity contribution in [3.63, 3.8) is 0 Å². The van der Waals surface area contributed by atoms with E-state index in [1.54, 1.807) is 0 Å². The predicted octanol–water partition coefficient (Wildman–Crippen LogP) is 4.87. The Balaban J connectivity index is 0.993. The third-order valence-electron chi connectivity index (χ3n) is 8.70. The van der Waals surface area contributed by atoms with Gasteiger partial charge in [0.1, 0.15) is 18.2 Å². The molecule has 40 heavy (non-hydrogen) atoms. The van der Waals surface area contributed by atoms with Crippen LogP contribution in [-0.4, -0.2) is 67.0 Å². The first-order valence-corrected chi connectivity index (χ1v) is 14.3. The highest BCUT2D eigenvalue weighted by atomic mass is 19.4. The summed E-state index contributed by atoms with van der Waals surface area (Å²) in [4.78, 5) is 2.46. The van der Waals surface area contributed by atoms with E-state index in [4.69, 9.17) is 9.47 Å². The van der Waals surface area contributed by atoms with Crippen molar-refractivity contribution in [3.05, 3.63) is 53.4 Å². The first kappa shape index (κ1) is 27.2. The second-order valence-corrected chi connectivity index (χ2v) is 11.4. The van der Waals surface area contributed by atoms with Gasteiger partial charge in [0.05, 0.1) is 30.0 Å².